The summed E-state index contributed by atoms with van der Waals surface area (Å²) in [7, 11) is 0. The van der Waals surface area contributed by atoms with Crippen molar-refractivity contribution in [3.63, 3.8) is 0 Å². The van der Waals surface area contributed by atoms with E-state index in [0.29, 0.717) is 5.69 Å². The van der Waals surface area contributed by atoms with Gasteiger partial charge in [0.1, 0.15) is 0 Å². The first kappa shape index (κ1) is 11.2. The highest BCUT2D eigenvalue weighted by molar-refractivity contribution is 5.78. The normalized spacial score (nSPS) is 12.0. The zero-order valence-electron chi connectivity index (χ0n) is 10.9. The number of benzene rings is 2. The van der Waals surface area contributed by atoms with Crippen molar-refractivity contribution in [3.8, 4) is 16.8 Å². The van der Waals surface area contributed by atoms with Crippen LogP contribution in [0, 0.1) is 0 Å². The number of aromatic nitrogens is 1. The summed E-state index contributed by atoms with van der Waals surface area (Å²) in [4.78, 5) is 11.1. The number of aldehydes is 1. The topological polar surface area (TPSA) is 22.0 Å². The fraction of sp³-hybridized carbons (Fsp3) is 0.0556. The van der Waals surface area contributed by atoms with E-state index >= 15 is 0 Å². The molecule has 1 heterocycles. The van der Waals surface area contributed by atoms with Crippen LogP contribution in [0.5, 0.6) is 0 Å². The van der Waals surface area contributed by atoms with Crippen molar-refractivity contribution >= 4 is 6.29 Å². The van der Waals surface area contributed by atoms with E-state index in [4.69, 9.17) is 0 Å². The molecule has 0 spiro atoms. The van der Waals surface area contributed by atoms with Crippen LogP contribution in [0.25, 0.3) is 16.8 Å². The highest BCUT2D eigenvalue weighted by atomic mass is 16.1. The minimum Gasteiger partial charge on any atom is -0.314 e. The second-order valence-electron chi connectivity index (χ2n) is 5.10. The average molecular weight is 259 g/mol. The van der Waals surface area contributed by atoms with Gasteiger partial charge in [0.05, 0.1) is 5.69 Å². The van der Waals surface area contributed by atoms with Crippen molar-refractivity contribution in [1.29, 1.82) is 0 Å². The Bertz CT molecular complexity index is 814. The Hall–Kier alpha value is -2.61. The quantitative estimate of drug-likeness (QED) is 0.501. The van der Waals surface area contributed by atoms with E-state index < -0.39 is 0 Å². The molecule has 2 nitrogen and oxygen atoms in total. The van der Waals surface area contributed by atoms with Gasteiger partial charge in [0, 0.05) is 11.9 Å². The van der Waals surface area contributed by atoms with Gasteiger partial charge in [0.2, 0.25) is 0 Å². The van der Waals surface area contributed by atoms with E-state index in [1.165, 1.54) is 22.3 Å². The Morgan fingerprint density at radius 2 is 1.75 bits per heavy atom. The van der Waals surface area contributed by atoms with Crippen molar-refractivity contribution in [2.75, 3.05) is 0 Å². The number of hydrogen-bond acceptors (Lipinski definition) is 1. The SMILES string of the molecule is O=Cc1cccn1-c1ccc2c(c1)Cc1ccccc1-2. The van der Waals surface area contributed by atoms with Crippen LogP contribution in [0.4, 0.5) is 0 Å². The molecule has 1 aliphatic carbocycles. The fourth-order valence-electron chi connectivity index (χ4n) is 3.01. The lowest BCUT2D eigenvalue weighted by Crippen LogP contribution is -1.98. The summed E-state index contributed by atoms with van der Waals surface area (Å²) in [6.45, 7) is 0. The lowest BCUT2D eigenvalue weighted by atomic mass is 10.1. The van der Waals surface area contributed by atoms with Gasteiger partial charge in [-0.25, -0.2) is 0 Å². The van der Waals surface area contributed by atoms with Crippen LogP contribution in [-0.4, -0.2) is 10.9 Å². The lowest BCUT2D eigenvalue weighted by Gasteiger charge is -2.08. The molecule has 96 valence electrons. The molecule has 0 bridgehead atoms. The summed E-state index contributed by atoms with van der Waals surface area (Å²) in [5.74, 6) is 0. The van der Waals surface area contributed by atoms with Crippen LogP contribution in [0.15, 0.2) is 60.8 Å². The number of rotatable bonds is 2. The molecule has 0 amide bonds. The molecule has 0 saturated carbocycles. The van der Waals surface area contributed by atoms with Gasteiger partial charge >= 0.3 is 0 Å². The summed E-state index contributed by atoms with van der Waals surface area (Å²) < 4.78 is 1.93. The largest absolute Gasteiger partial charge is 0.314 e. The molecule has 4 rings (SSSR count). The summed E-state index contributed by atoms with van der Waals surface area (Å²) in [5.41, 5.74) is 7.07. The maximum absolute atomic E-state index is 11.1. The molecule has 0 radical (unpaired) electrons. The summed E-state index contributed by atoms with van der Waals surface area (Å²) in [6, 6.07) is 18.7. The zero-order chi connectivity index (χ0) is 13.5. The molecule has 0 aliphatic heterocycles. The zero-order valence-corrected chi connectivity index (χ0v) is 10.9. The number of fused-ring (bicyclic) bond motifs is 3. The van der Waals surface area contributed by atoms with E-state index in [9.17, 15) is 4.79 Å². The molecule has 0 unspecified atom stereocenters. The first-order valence-corrected chi connectivity index (χ1v) is 6.71. The smallest absolute Gasteiger partial charge is 0.166 e. The van der Waals surface area contributed by atoms with E-state index in [1.807, 2.05) is 22.9 Å². The fourth-order valence-corrected chi connectivity index (χ4v) is 3.01. The van der Waals surface area contributed by atoms with Gasteiger partial charge in [0.15, 0.2) is 6.29 Å². The van der Waals surface area contributed by atoms with Crippen LogP contribution in [0.3, 0.4) is 0 Å². The standard InChI is InChI=1S/C18H13NO/c20-12-16-5-3-9-19(16)15-7-8-18-14(11-15)10-13-4-1-2-6-17(13)18/h1-9,11-12H,10H2. The second-order valence-corrected chi connectivity index (χ2v) is 5.10. The van der Waals surface area contributed by atoms with Gasteiger partial charge in [-0.2, -0.15) is 0 Å². The van der Waals surface area contributed by atoms with Gasteiger partial charge in [-0.1, -0.05) is 30.3 Å². The molecule has 1 aliphatic rings. The van der Waals surface area contributed by atoms with E-state index in [0.717, 1.165) is 18.4 Å². The summed E-state index contributed by atoms with van der Waals surface area (Å²) >= 11 is 0. The Labute approximate surface area is 117 Å². The van der Waals surface area contributed by atoms with Gasteiger partial charge in [-0.3, -0.25) is 4.79 Å². The number of nitrogens with zero attached hydrogens (tertiary/aromatic N) is 1. The van der Waals surface area contributed by atoms with Gasteiger partial charge < -0.3 is 4.57 Å². The van der Waals surface area contributed by atoms with Crippen LogP contribution < -0.4 is 0 Å². The van der Waals surface area contributed by atoms with E-state index in [-0.39, 0.29) is 0 Å². The molecular formula is C18H13NO. The molecule has 0 fully saturated rings. The molecule has 0 N–H and O–H groups in total. The van der Waals surface area contributed by atoms with Gasteiger partial charge in [-0.15, -0.1) is 0 Å². The molecule has 1 aromatic heterocycles. The molecule has 2 aromatic carbocycles. The Balaban J connectivity index is 1.85. The van der Waals surface area contributed by atoms with Crippen LogP contribution in [0.1, 0.15) is 21.6 Å². The highest BCUT2D eigenvalue weighted by Gasteiger charge is 2.18. The minimum atomic E-state index is 0.681. The van der Waals surface area contributed by atoms with Crippen molar-refractivity contribution in [2.24, 2.45) is 0 Å². The maximum atomic E-state index is 11.1. The van der Waals surface area contributed by atoms with Crippen LogP contribution in [0.2, 0.25) is 0 Å². The average Bonchev–Trinajstić information content (AvgIpc) is 3.10. The maximum Gasteiger partial charge on any atom is 0.166 e. The molecule has 0 saturated heterocycles. The van der Waals surface area contributed by atoms with Crippen molar-refractivity contribution in [3.05, 3.63) is 77.6 Å². The predicted molar refractivity (Wildman–Crippen MR) is 79.4 cm³/mol. The van der Waals surface area contributed by atoms with Crippen molar-refractivity contribution in [2.45, 2.75) is 6.42 Å². The Kier molecular flexibility index (Phi) is 2.36. The van der Waals surface area contributed by atoms with E-state index in [1.54, 1.807) is 0 Å². The van der Waals surface area contributed by atoms with Crippen LogP contribution >= 0.6 is 0 Å². The Morgan fingerprint density at radius 3 is 2.65 bits per heavy atom. The van der Waals surface area contributed by atoms with Gasteiger partial charge in [-0.05, 0) is 52.9 Å². The molecule has 2 heteroatoms. The first-order valence-electron chi connectivity index (χ1n) is 6.71. The van der Waals surface area contributed by atoms with Crippen LogP contribution in [-0.2, 0) is 6.42 Å². The first-order chi connectivity index (χ1) is 9.86. The van der Waals surface area contributed by atoms with Crippen molar-refractivity contribution < 1.29 is 4.79 Å². The third-order valence-electron chi connectivity index (χ3n) is 3.96. The number of carbonyl (C=O) groups excluding carboxylic acids is 1. The molecule has 0 atom stereocenters. The summed E-state index contributed by atoms with van der Waals surface area (Å²) in [5, 5.41) is 0. The predicted octanol–water partition coefficient (Wildman–Crippen LogP) is 3.86. The molecule has 3 aromatic rings. The number of hydrogen-bond donors (Lipinski definition) is 0. The summed E-state index contributed by atoms with van der Waals surface area (Å²) in [6.07, 6.45) is 3.78. The molecule has 20 heavy (non-hydrogen) atoms. The third kappa shape index (κ3) is 1.55. The number of carbonyl (C=O) groups is 1. The highest BCUT2D eigenvalue weighted by Crippen LogP contribution is 2.37. The second kappa shape index (κ2) is 4.20. The van der Waals surface area contributed by atoms with Gasteiger partial charge in [0.25, 0.3) is 0 Å². The van der Waals surface area contributed by atoms with Crippen molar-refractivity contribution in [1.82, 2.24) is 4.57 Å². The lowest BCUT2D eigenvalue weighted by molar-refractivity contribution is 0.111. The minimum absolute atomic E-state index is 0.681. The Morgan fingerprint density at radius 1 is 0.900 bits per heavy atom. The monoisotopic (exact) mass is 259 g/mol. The molecular weight excluding hydrogens is 246 g/mol. The van der Waals surface area contributed by atoms with E-state index in [2.05, 4.69) is 42.5 Å². The third-order valence-corrected chi connectivity index (χ3v) is 3.96.